The number of hydrogen-bond acceptors (Lipinski definition) is 4. The standard InChI is InChI=1S/C5H5BrN2OS/c6-1-3-4(2-9)10-5(7)8-3/h2H,1H2,(H2,7,8). The molecule has 54 valence electrons. The van der Waals surface area contributed by atoms with Crippen LogP contribution in [0.5, 0.6) is 0 Å². The highest BCUT2D eigenvalue weighted by Crippen LogP contribution is 2.19. The molecular formula is C5H5BrN2OS. The van der Waals surface area contributed by atoms with E-state index in [2.05, 4.69) is 20.9 Å². The van der Waals surface area contributed by atoms with Gasteiger partial charge in [-0.05, 0) is 0 Å². The fraction of sp³-hybridized carbons (Fsp3) is 0.200. The van der Waals surface area contributed by atoms with Crippen LogP contribution >= 0.6 is 27.3 Å². The van der Waals surface area contributed by atoms with Crippen LogP contribution in [0.1, 0.15) is 15.4 Å². The van der Waals surface area contributed by atoms with Crippen LogP contribution in [0.2, 0.25) is 0 Å². The van der Waals surface area contributed by atoms with E-state index in [1.54, 1.807) is 0 Å². The largest absolute Gasteiger partial charge is 0.375 e. The van der Waals surface area contributed by atoms with Crippen molar-refractivity contribution in [3.05, 3.63) is 10.6 Å². The zero-order chi connectivity index (χ0) is 7.56. The molecule has 0 spiro atoms. The molecule has 0 aliphatic heterocycles. The van der Waals surface area contributed by atoms with Crippen molar-refractivity contribution in [1.82, 2.24) is 4.98 Å². The molecule has 0 fully saturated rings. The van der Waals surface area contributed by atoms with E-state index in [1.807, 2.05) is 0 Å². The highest BCUT2D eigenvalue weighted by Gasteiger charge is 2.05. The molecule has 0 aliphatic carbocycles. The van der Waals surface area contributed by atoms with Crippen LogP contribution in [-0.4, -0.2) is 11.3 Å². The van der Waals surface area contributed by atoms with Gasteiger partial charge in [0, 0.05) is 5.33 Å². The number of nitrogens with two attached hydrogens (primary N) is 1. The van der Waals surface area contributed by atoms with Gasteiger partial charge in [-0.1, -0.05) is 27.3 Å². The van der Waals surface area contributed by atoms with Crippen LogP contribution < -0.4 is 5.73 Å². The third kappa shape index (κ3) is 1.35. The molecule has 1 rings (SSSR count). The third-order valence-electron chi connectivity index (χ3n) is 0.978. The number of carbonyl (C=O) groups excluding carboxylic acids is 1. The third-order valence-corrected chi connectivity index (χ3v) is 2.36. The number of hydrogen-bond donors (Lipinski definition) is 1. The minimum atomic E-state index is 0.441. The number of nitrogens with zero attached hydrogens (tertiary/aromatic N) is 1. The predicted octanol–water partition coefficient (Wildman–Crippen LogP) is 1.43. The lowest BCUT2D eigenvalue weighted by atomic mass is 10.4. The number of nitrogen functional groups attached to an aromatic ring is 1. The SMILES string of the molecule is Nc1nc(CBr)c(C=O)s1. The molecule has 10 heavy (non-hydrogen) atoms. The van der Waals surface area contributed by atoms with E-state index < -0.39 is 0 Å². The number of anilines is 1. The minimum absolute atomic E-state index is 0.441. The first-order valence-corrected chi connectivity index (χ1v) is 4.48. The summed E-state index contributed by atoms with van der Waals surface area (Å²) in [6.45, 7) is 0. The maximum Gasteiger partial charge on any atom is 0.180 e. The zero-order valence-electron chi connectivity index (χ0n) is 5.00. The summed E-state index contributed by atoms with van der Waals surface area (Å²) >= 11 is 4.40. The summed E-state index contributed by atoms with van der Waals surface area (Å²) in [6, 6.07) is 0. The lowest BCUT2D eigenvalue weighted by Crippen LogP contribution is -1.85. The number of aldehydes is 1. The molecule has 1 heterocycles. The number of rotatable bonds is 2. The topological polar surface area (TPSA) is 56.0 Å². The number of aromatic nitrogens is 1. The van der Waals surface area contributed by atoms with Gasteiger partial charge in [0.15, 0.2) is 11.4 Å². The van der Waals surface area contributed by atoms with Gasteiger partial charge in [-0.15, -0.1) is 0 Å². The summed E-state index contributed by atoms with van der Waals surface area (Å²) in [5.41, 5.74) is 6.08. The highest BCUT2D eigenvalue weighted by molar-refractivity contribution is 9.08. The summed E-state index contributed by atoms with van der Waals surface area (Å²) in [4.78, 5) is 14.8. The number of thiazole rings is 1. The second kappa shape index (κ2) is 3.12. The van der Waals surface area contributed by atoms with Gasteiger partial charge in [-0.3, -0.25) is 4.79 Å². The van der Waals surface area contributed by atoms with Crippen molar-refractivity contribution >= 4 is 38.7 Å². The maximum atomic E-state index is 10.3. The molecule has 5 heteroatoms. The lowest BCUT2D eigenvalue weighted by Gasteiger charge is -1.83. The van der Waals surface area contributed by atoms with Gasteiger partial charge >= 0.3 is 0 Å². The molecule has 1 aromatic heterocycles. The highest BCUT2D eigenvalue weighted by atomic mass is 79.9. The van der Waals surface area contributed by atoms with E-state index in [0.29, 0.717) is 15.3 Å². The van der Waals surface area contributed by atoms with Gasteiger partial charge in [0.25, 0.3) is 0 Å². The Morgan fingerprint density at radius 3 is 2.90 bits per heavy atom. The van der Waals surface area contributed by atoms with E-state index in [0.717, 1.165) is 12.0 Å². The molecule has 0 atom stereocenters. The molecule has 0 bridgehead atoms. The summed E-state index contributed by atoms with van der Waals surface area (Å²) < 4.78 is 0. The Kier molecular flexibility index (Phi) is 2.39. The summed E-state index contributed by atoms with van der Waals surface area (Å²) in [5, 5.41) is 1.02. The first kappa shape index (κ1) is 7.68. The quantitative estimate of drug-likeness (QED) is 0.607. The van der Waals surface area contributed by atoms with E-state index in [1.165, 1.54) is 11.3 Å². The van der Waals surface area contributed by atoms with Gasteiger partial charge in [-0.2, -0.15) is 0 Å². The zero-order valence-corrected chi connectivity index (χ0v) is 7.41. The average molecular weight is 221 g/mol. The predicted molar refractivity (Wildman–Crippen MR) is 44.5 cm³/mol. The van der Waals surface area contributed by atoms with Gasteiger partial charge < -0.3 is 5.73 Å². The summed E-state index contributed by atoms with van der Waals surface area (Å²) in [7, 11) is 0. The second-order valence-corrected chi connectivity index (χ2v) is 3.24. The van der Waals surface area contributed by atoms with E-state index >= 15 is 0 Å². The van der Waals surface area contributed by atoms with Crippen LogP contribution in [0.25, 0.3) is 0 Å². The molecule has 0 unspecified atom stereocenters. The molecular weight excluding hydrogens is 216 g/mol. The number of halogens is 1. The molecule has 0 amide bonds. The molecule has 0 saturated heterocycles. The molecule has 0 saturated carbocycles. The van der Waals surface area contributed by atoms with Gasteiger partial charge in [0.2, 0.25) is 0 Å². The molecule has 3 nitrogen and oxygen atoms in total. The summed E-state index contributed by atoms with van der Waals surface area (Å²) in [6.07, 6.45) is 0.768. The fourth-order valence-electron chi connectivity index (χ4n) is 0.570. The molecule has 1 aromatic rings. The molecule has 0 radical (unpaired) electrons. The summed E-state index contributed by atoms with van der Waals surface area (Å²) in [5.74, 6) is 0. The first-order chi connectivity index (χ1) is 4.77. The van der Waals surface area contributed by atoms with Gasteiger partial charge in [-0.25, -0.2) is 4.98 Å². The maximum absolute atomic E-state index is 10.3. The van der Waals surface area contributed by atoms with Crippen LogP contribution in [-0.2, 0) is 5.33 Å². The fourth-order valence-corrected chi connectivity index (χ4v) is 1.85. The lowest BCUT2D eigenvalue weighted by molar-refractivity contribution is 0.112. The Morgan fingerprint density at radius 2 is 2.50 bits per heavy atom. The Labute approximate surface area is 70.4 Å². The van der Waals surface area contributed by atoms with E-state index in [9.17, 15) is 4.79 Å². The van der Waals surface area contributed by atoms with Gasteiger partial charge in [0.05, 0.1) is 10.6 Å². The van der Waals surface area contributed by atoms with Crippen molar-refractivity contribution in [2.24, 2.45) is 0 Å². The molecule has 0 aromatic carbocycles. The Bertz CT molecular complexity index is 248. The van der Waals surface area contributed by atoms with Crippen molar-refractivity contribution in [1.29, 1.82) is 0 Å². The monoisotopic (exact) mass is 220 g/mol. The van der Waals surface area contributed by atoms with Crippen molar-refractivity contribution in [3.8, 4) is 0 Å². The smallest absolute Gasteiger partial charge is 0.180 e. The van der Waals surface area contributed by atoms with E-state index in [4.69, 9.17) is 5.73 Å². The number of carbonyl (C=O) groups is 1. The van der Waals surface area contributed by atoms with Gasteiger partial charge in [0.1, 0.15) is 0 Å². The van der Waals surface area contributed by atoms with Crippen LogP contribution in [0.3, 0.4) is 0 Å². The van der Waals surface area contributed by atoms with Crippen molar-refractivity contribution in [3.63, 3.8) is 0 Å². The molecule has 0 aliphatic rings. The van der Waals surface area contributed by atoms with E-state index in [-0.39, 0.29) is 0 Å². The van der Waals surface area contributed by atoms with Crippen molar-refractivity contribution < 1.29 is 4.79 Å². The van der Waals surface area contributed by atoms with Crippen LogP contribution in [0, 0.1) is 0 Å². The number of alkyl halides is 1. The normalized spacial score (nSPS) is 9.70. The van der Waals surface area contributed by atoms with Crippen molar-refractivity contribution in [2.75, 3.05) is 5.73 Å². The van der Waals surface area contributed by atoms with Crippen LogP contribution in [0.15, 0.2) is 0 Å². The average Bonchev–Trinajstić information content (AvgIpc) is 2.30. The van der Waals surface area contributed by atoms with Crippen molar-refractivity contribution in [2.45, 2.75) is 5.33 Å². The Morgan fingerprint density at radius 1 is 1.80 bits per heavy atom. The molecule has 2 N–H and O–H groups in total. The Hall–Kier alpha value is -0.420. The Balaban J connectivity index is 3.08. The first-order valence-electron chi connectivity index (χ1n) is 2.54. The van der Waals surface area contributed by atoms with Crippen LogP contribution in [0.4, 0.5) is 5.13 Å². The minimum Gasteiger partial charge on any atom is -0.375 e. The second-order valence-electron chi connectivity index (χ2n) is 1.61.